The number of aryl methyl sites for hydroxylation is 1. The number of carboxylic acids is 1. The van der Waals surface area contributed by atoms with Crippen LogP contribution in [0.5, 0.6) is 0 Å². The van der Waals surface area contributed by atoms with Gasteiger partial charge in [0.2, 0.25) is 5.91 Å². The Bertz CT molecular complexity index is 1770. The van der Waals surface area contributed by atoms with Crippen molar-refractivity contribution in [3.63, 3.8) is 0 Å². The normalized spacial score (nSPS) is 17.7. The maximum absolute atomic E-state index is 15.4. The van der Waals surface area contributed by atoms with Crippen LogP contribution in [0.1, 0.15) is 77.6 Å². The van der Waals surface area contributed by atoms with Crippen molar-refractivity contribution in [3.05, 3.63) is 130 Å². The molecule has 1 amide bonds. The molecule has 2 aliphatic carbocycles. The highest BCUT2D eigenvalue weighted by atomic mass is 35.5. The number of carboxylic acid groups (broad SMARTS) is 1. The quantitative estimate of drug-likeness (QED) is 0.195. The van der Waals surface area contributed by atoms with Crippen molar-refractivity contribution >= 4 is 34.7 Å². The summed E-state index contributed by atoms with van der Waals surface area (Å²) in [4.78, 5) is 25.2. The first-order valence-electron chi connectivity index (χ1n) is 15.6. The lowest BCUT2D eigenvalue weighted by molar-refractivity contribution is -0.117. The third-order valence-electron chi connectivity index (χ3n) is 9.80. The number of carbonyl (C=O) groups excluding carboxylic acids is 1. The fourth-order valence-corrected chi connectivity index (χ4v) is 6.83. The molecule has 2 N–H and O–H groups in total. The number of hydrogen-bond acceptors (Lipinski definition) is 2. The molecule has 2 atom stereocenters. The van der Waals surface area contributed by atoms with Gasteiger partial charge in [-0.1, -0.05) is 73.1 Å². The van der Waals surface area contributed by atoms with Gasteiger partial charge in [-0.2, -0.15) is 0 Å². The van der Waals surface area contributed by atoms with E-state index in [-0.39, 0.29) is 17.2 Å². The van der Waals surface area contributed by atoms with Gasteiger partial charge in [0, 0.05) is 5.02 Å². The third-order valence-corrected chi connectivity index (χ3v) is 10.0. The molecule has 0 spiro atoms. The first-order valence-corrected chi connectivity index (χ1v) is 16.0. The summed E-state index contributed by atoms with van der Waals surface area (Å²) in [6.07, 6.45) is 8.79. The second-order valence-corrected chi connectivity index (χ2v) is 13.3. The number of benzene rings is 4. The fourth-order valence-electron chi connectivity index (χ4n) is 6.60. The number of amides is 1. The van der Waals surface area contributed by atoms with Crippen LogP contribution in [0.15, 0.2) is 91.0 Å². The minimum atomic E-state index is -1.01. The number of aromatic carboxylic acids is 1. The Morgan fingerprint density at radius 2 is 1.69 bits per heavy atom. The van der Waals surface area contributed by atoms with Crippen LogP contribution in [0.2, 0.25) is 5.02 Å². The molecule has 1 unspecified atom stereocenters. The zero-order chi connectivity index (χ0) is 31.7. The lowest BCUT2D eigenvalue weighted by Gasteiger charge is -2.27. The minimum Gasteiger partial charge on any atom is -0.478 e. The molecule has 4 aromatic rings. The summed E-state index contributed by atoms with van der Waals surface area (Å²) in [5.74, 6) is -1.72. The van der Waals surface area contributed by atoms with E-state index in [0.29, 0.717) is 22.4 Å². The number of nitrogens with one attached hydrogen (secondary N) is 1. The Hall–Kier alpha value is -4.22. The standard InChI is InChI=1S/C39H37ClFNO3/c1-24-21-32(40)16-17-33(24)30-13-18-36(35(41)23-30)42-37(43)34(22-25-3-5-29(6-4-25)38(44)45)28-9-7-26(8-10-28)27-11-14-31(15-12-27)39(2)19-20-39/h3-11,13,16-18,21,23,31,34H,12,14-15,19-20,22H2,1-2H3,(H,42,43)(H,44,45)/t31?,34-/m1/s1. The van der Waals surface area contributed by atoms with Gasteiger partial charge >= 0.3 is 5.97 Å². The van der Waals surface area contributed by atoms with Gasteiger partial charge in [0.05, 0.1) is 17.2 Å². The largest absolute Gasteiger partial charge is 0.478 e. The highest BCUT2D eigenvalue weighted by Gasteiger charge is 2.44. The van der Waals surface area contributed by atoms with Gasteiger partial charge < -0.3 is 10.4 Å². The smallest absolute Gasteiger partial charge is 0.335 e. The van der Waals surface area contributed by atoms with Crippen molar-refractivity contribution in [2.24, 2.45) is 11.3 Å². The topological polar surface area (TPSA) is 66.4 Å². The molecule has 6 rings (SSSR count). The summed E-state index contributed by atoms with van der Waals surface area (Å²) < 4.78 is 15.4. The van der Waals surface area contributed by atoms with E-state index in [9.17, 15) is 14.7 Å². The van der Waals surface area contributed by atoms with Crippen molar-refractivity contribution in [1.82, 2.24) is 0 Å². The highest BCUT2D eigenvalue weighted by Crippen LogP contribution is 2.56. The molecule has 1 fully saturated rings. The average Bonchev–Trinajstić information content (AvgIpc) is 3.79. The molecule has 0 bridgehead atoms. The van der Waals surface area contributed by atoms with Crippen LogP contribution in [0, 0.1) is 24.1 Å². The number of rotatable bonds is 9. The minimum absolute atomic E-state index is 0.101. The van der Waals surface area contributed by atoms with Crippen molar-refractivity contribution in [3.8, 4) is 11.1 Å². The van der Waals surface area contributed by atoms with Crippen molar-refractivity contribution in [2.45, 2.75) is 58.3 Å². The summed E-state index contributed by atoms with van der Waals surface area (Å²) in [7, 11) is 0. The molecular weight excluding hydrogens is 585 g/mol. The van der Waals surface area contributed by atoms with E-state index in [0.717, 1.165) is 41.0 Å². The third kappa shape index (κ3) is 6.89. The number of anilines is 1. The number of carbonyl (C=O) groups is 2. The van der Waals surface area contributed by atoms with Gasteiger partial charge in [-0.25, -0.2) is 9.18 Å². The molecule has 6 heteroatoms. The van der Waals surface area contributed by atoms with E-state index >= 15 is 4.39 Å². The Morgan fingerprint density at radius 1 is 0.978 bits per heavy atom. The molecule has 4 aromatic carbocycles. The maximum atomic E-state index is 15.4. The first-order chi connectivity index (χ1) is 21.6. The zero-order valence-corrected chi connectivity index (χ0v) is 26.3. The Morgan fingerprint density at radius 3 is 2.29 bits per heavy atom. The Balaban J connectivity index is 1.24. The van der Waals surface area contributed by atoms with Crippen LogP contribution in [0.3, 0.4) is 0 Å². The molecule has 0 aromatic heterocycles. The van der Waals surface area contributed by atoms with E-state index in [1.54, 1.807) is 30.3 Å². The highest BCUT2D eigenvalue weighted by molar-refractivity contribution is 6.30. The molecule has 4 nitrogen and oxygen atoms in total. The van der Waals surface area contributed by atoms with E-state index in [1.165, 1.54) is 48.6 Å². The van der Waals surface area contributed by atoms with Crippen molar-refractivity contribution in [2.75, 3.05) is 5.32 Å². The monoisotopic (exact) mass is 621 g/mol. The van der Waals surface area contributed by atoms with Gasteiger partial charge in [0.15, 0.2) is 0 Å². The van der Waals surface area contributed by atoms with Crippen LogP contribution in [-0.4, -0.2) is 17.0 Å². The molecule has 2 aliphatic rings. The second kappa shape index (κ2) is 12.6. The lowest BCUT2D eigenvalue weighted by Crippen LogP contribution is -2.23. The van der Waals surface area contributed by atoms with E-state index in [2.05, 4.69) is 30.4 Å². The molecule has 0 radical (unpaired) electrons. The summed E-state index contributed by atoms with van der Waals surface area (Å²) in [6.45, 7) is 4.33. The predicted octanol–water partition coefficient (Wildman–Crippen LogP) is 10.1. The van der Waals surface area contributed by atoms with Gasteiger partial charge in [0.25, 0.3) is 0 Å². The lowest BCUT2D eigenvalue weighted by atomic mass is 9.78. The van der Waals surface area contributed by atoms with E-state index < -0.39 is 17.7 Å². The molecule has 0 saturated heterocycles. The molecule has 0 aliphatic heterocycles. The van der Waals surface area contributed by atoms with Crippen LogP contribution >= 0.6 is 11.6 Å². The summed E-state index contributed by atoms with van der Waals surface area (Å²) in [6, 6.07) is 24.9. The van der Waals surface area contributed by atoms with Gasteiger partial charge in [-0.3, -0.25) is 4.79 Å². The molecular formula is C39H37ClFNO3. The molecule has 45 heavy (non-hydrogen) atoms. The second-order valence-electron chi connectivity index (χ2n) is 12.9. The van der Waals surface area contributed by atoms with Crippen molar-refractivity contribution in [1.29, 1.82) is 0 Å². The van der Waals surface area contributed by atoms with E-state index in [4.69, 9.17) is 11.6 Å². The van der Waals surface area contributed by atoms with Crippen LogP contribution in [0.25, 0.3) is 16.7 Å². The van der Waals surface area contributed by atoms with Gasteiger partial charge in [0.1, 0.15) is 5.82 Å². The summed E-state index contributed by atoms with van der Waals surface area (Å²) >= 11 is 6.10. The maximum Gasteiger partial charge on any atom is 0.335 e. The zero-order valence-electron chi connectivity index (χ0n) is 25.6. The average molecular weight is 622 g/mol. The van der Waals surface area contributed by atoms with Crippen molar-refractivity contribution < 1.29 is 19.1 Å². The summed E-state index contributed by atoms with van der Waals surface area (Å²) in [5, 5.41) is 12.8. The fraction of sp³-hybridized carbons (Fsp3) is 0.282. The molecule has 230 valence electrons. The molecule has 0 heterocycles. The van der Waals surface area contributed by atoms with Crippen LogP contribution in [-0.2, 0) is 11.2 Å². The Kier molecular flexibility index (Phi) is 8.65. The van der Waals surface area contributed by atoms with Crippen LogP contribution in [0.4, 0.5) is 10.1 Å². The summed E-state index contributed by atoms with van der Waals surface area (Å²) in [5.41, 5.74) is 7.45. The van der Waals surface area contributed by atoms with Crippen LogP contribution < -0.4 is 5.32 Å². The number of hydrogen-bond donors (Lipinski definition) is 2. The number of halogens is 2. The van der Waals surface area contributed by atoms with Gasteiger partial charge in [-0.15, -0.1) is 0 Å². The van der Waals surface area contributed by atoms with E-state index in [1.807, 2.05) is 31.2 Å². The first kappa shape index (κ1) is 30.8. The molecule has 1 saturated carbocycles. The SMILES string of the molecule is Cc1cc(Cl)ccc1-c1ccc(NC(=O)[C@H](Cc2ccc(C(=O)O)cc2)c2ccc(C3=CCC(C4(C)CC4)CC3)cc2)c(F)c1. The Labute approximate surface area is 269 Å². The van der Waals surface area contributed by atoms with Gasteiger partial charge in [-0.05, 0) is 132 Å². The number of allylic oxidation sites excluding steroid dienone is 2. The predicted molar refractivity (Wildman–Crippen MR) is 179 cm³/mol.